The van der Waals surface area contributed by atoms with Gasteiger partial charge in [-0.3, -0.25) is 10.1 Å². The van der Waals surface area contributed by atoms with Gasteiger partial charge in [0.1, 0.15) is 12.4 Å². The van der Waals surface area contributed by atoms with E-state index in [1.807, 2.05) is 30.3 Å². The average molecular weight is 420 g/mol. The molecule has 0 saturated carbocycles. The number of thioether (sulfide) groups is 1. The maximum absolute atomic E-state index is 12.7. The lowest BCUT2D eigenvalue weighted by Gasteiger charge is -2.11. The van der Waals surface area contributed by atoms with Gasteiger partial charge in [-0.1, -0.05) is 72.0 Å². The quantitative estimate of drug-likeness (QED) is 0.384. The van der Waals surface area contributed by atoms with Crippen LogP contribution >= 0.6 is 34.7 Å². The Kier molecular flexibility index (Phi) is 7.09. The molecule has 0 saturated heterocycles. The largest absolute Gasteiger partial charge is 0.488 e. The molecule has 3 rings (SSSR count). The molecule has 5 nitrogen and oxygen atoms in total. The number of aromatic nitrogens is 2. The van der Waals surface area contributed by atoms with E-state index < -0.39 is 0 Å². The smallest absolute Gasteiger partial charge is 0.261 e. The molecule has 0 aliphatic carbocycles. The van der Waals surface area contributed by atoms with Gasteiger partial charge in [-0.25, -0.2) is 0 Å². The van der Waals surface area contributed by atoms with Crippen LogP contribution in [0.1, 0.15) is 29.3 Å². The van der Waals surface area contributed by atoms with Crippen molar-refractivity contribution in [1.29, 1.82) is 0 Å². The molecule has 2 aromatic carbocycles. The second kappa shape index (κ2) is 9.73. The van der Waals surface area contributed by atoms with Crippen LogP contribution in [0.25, 0.3) is 0 Å². The zero-order valence-electron chi connectivity index (χ0n) is 14.6. The van der Waals surface area contributed by atoms with Crippen molar-refractivity contribution in [2.45, 2.75) is 24.3 Å². The van der Waals surface area contributed by atoms with Gasteiger partial charge in [0.05, 0.1) is 5.56 Å². The third-order valence-corrected chi connectivity index (χ3v) is 5.89. The highest BCUT2D eigenvalue weighted by atomic mass is 35.5. The Morgan fingerprint density at radius 1 is 1.22 bits per heavy atom. The van der Waals surface area contributed by atoms with Gasteiger partial charge >= 0.3 is 0 Å². The number of carbonyl (C=O) groups excluding carboxylic acids is 1. The predicted molar refractivity (Wildman–Crippen MR) is 111 cm³/mol. The number of halogens is 1. The lowest BCUT2D eigenvalue weighted by atomic mass is 10.2. The first kappa shape index (κ1) is 19.7. The number of ether oxygens (including phenoxy) is 1. The molecular weight excluding hydrogens is 402 g/mol. The molecule has 140 valence electrons. The summed E-state index contributed by atoms with van der Waals surface area (Å²) in [4.78, 5) is 12.7. The topological polar surface area (TPSA) is 64.1 Å². The number of nitrogens with one attached hydrogen (secondary N) is 1. The van der Waals surface area contributed by atoms with E-state index in [0.717, 1.165) is 22.1 Å². The van der Waals surface area contributed by atoms with E-state index in [4.69, 9.17) is 16.3 Å². The van der Waals surface area contributed by atoms with Crippen molar-refractivity contribution in [3.05, 3.63) is 64.7 Å². The normalized spacial score (nSPS) is 10.6. The van der Waals surface area contributed by atoms with Crippen LogP contribution in [-0.4, -0.2) is 21.9 Å². The summed E-state index contributed by atoms with van der Waals surface area (Å²) in [5.74, 6) is 1.10. The van der Waals surface area contributed by atoms with Crippen LogP contribution in [0.15, 0.2) is 52.9 Å². The van der Waals surface area contributed by atoms with Gasteiger partial charge in [0.25, 0.3) is 5.91 Å². The van der Waals surface area contributed by atoms with E-state index in [0.29, 0.717) is 28.1 Å². The number of nitrogens with zero attached hydrogens (tertiary/aromatic N) is 2. The van der Waals surface area contributed by atoms with E-state index in [1.54, 1.807) is 30.0 Å². The first-order valence-corrected chi connectivity index (χ1v) is 10.6. The number of anilines is 1. The minimum absolute atomic E-state index is 0.330. The molecule has 1 N–H and O–H groups in total. The molecule has 0 unspecified atom stereocenters. The molecule has 1 amide bonds. The van der Waals surface area contributed by atoms with Crippen LogP contribution in [-0.2, 0) is 6.61 Å². The van der Waals surface area contributed by atoms with Gasteiger partial charge in [0.15, 0.2) is 4.34 Å². The molecule has 0 bridgehead atoms. The monoisotopic (exact) mass is 419 g/mol. The maximum atomic E-state index is 12.7. The molecule has 0 fully saturated rings. The molecule has 27 heavy (non-hydrogen) atoms. The summed E-state index contributed by atoms with van der Waals surface area (Å²) in [6.45, 7) is 2.46. The number of amides is 1. The first-order chi connectivity index (χ1) is 13.2. The number of rotatable bonds is 8. The molecule has 3 aromatic rings. The summed E-state index contributed by atoms with van der Waals surface area (Å²) in [7, 11) is 0. The van der Waals surface area contributed by atoms with Crippen LogP contribution in [0, 0.1) is 0 Å². The molecule has 0 aliphatic rings. The van der Waals surface area contributed by atoms with Crippen LogP contribution in [0.2, 0.25) is 5.02 Å². The van der Waals surface area contributed by atoms with E-state index in [1.165, 1.54) is 11.3 Å². The molecule has 0 spiro atoms. The zero-order valence-corrected chi connectivity index (χ0v) is 17.0. The third-order valence-electron chi connectivity index (χ3n) is 3.48. The number of carbonyl (C=O) groups is 1. The Balaban J connectivity index is 1.71. The van der Waals surface area contributed by atoms with Gasteiger partial charge in [-0.2, -0.15) is 0 Å². The fourth-order valence-electron chi connectivity index (χ4n) is 2.21. The second-order valence-electron chi connectivity index (χ2n) is 5.59. The van der Waals surface area contributed by atoms with Gasteiger partial charge in [0.2, 0.25) is 5.13 Å². The van der Waals surface area contributed by atoms with Crippen molar-refractivity contribution in [1.82, 2.24) is 10.2 Å². The summed E-state index contributed by atoms with van der Waals surface area (Å²) in [5.41, 5.74) is 1.37. The van der Waals surface area contributed by atoms with Crippen LogP contribution in [0.5, 0.6) is 5.75 Å². The molecule has 8 heteroatoms. The summed E-state index contributed by atoms with van der Waals surface area (Å²) in [6.07, 6.45) is 1.05. The van der Waals surface area contributed by atoms with Crippen molar-refractivity contribution in [3.8, 4) is 5.75 Å². The fourth-order valence-corrected chi connectivity index (χ4v) is 4.06. The van der Waals surface area contributed by atoms with Crippen molar-refractivity contribution >= 4 is 45.7 Å². The highest BCUT2D eigenvalue weighted by Crippen LogP contribution is 2.28. The van der Waals surface area contributed by atoms with Gasteiger partial charge in [-0.05, 0) is 30.2 Å². The summed E-state index contributed by atoms with van der Waals surface area (Å²) in [5, 5.41) is 11.8. The minimum atomic E-state index is -0.330. The highest BCUT2D eigenvalue weighted by Gasteiger charge is 2.16. The number of hydrogen-bond donors (Lipinski definition) is 1. The Morgan fingerprint density at radius 2 is 2.04 bits per heavy atom. The van der Waals surface area contributed by atoms with E-state index in [9.17, 15) is 4.79 Å². The van der Waals surface area contributed by atoms with E-state index in [-0.39, 0.29) is 5.91 Å². The molecule has 1 aromatic heterocycles. The Hall–Kier alpha value is -2.09. The Morgan fingerprint density at radius 3 is 2.81 bits per heavy atom. The molecule has 1 heterocycles. The summed E-state index contributed by atoms with van der Waals surface area (Å²) < 4.78 is 6.67. The van der Waals surface area contributed by atoms with E-state index >= 15 is 0 Å². The predicted octanol–water partition coefficient (Wildman–Crippen LogP) is 5.52. The first-order valence-electron chi connectivity index (χ1n) is 8.39. The van der Waals surface area contributed by atoms with Gasteiger partial charge < -0.3 is 4.74 Å². The Bertz CT molecular complexity index is 903. The SMILES string of the molecule is CCCSc1nnc(NC(=O)c2cc(Cl)ccc2OCc2ccccc2)s1. The maximum Gasteiger partial charge on any atom is 0.261 e. The van der Waals surface area contributed by atoms with Crippen molar-refractivity contribution in [2.75, 3.05) is 11.1 Å². The second-order valence-corrected chi connectivity index (χ2v) is 8.35. The minimum Gasteiger partial charge on any atom is -0.488 e. The lowest BCUT2D eigenvalue weighted by molar-refractivity contribution is 0.102. The molecule has 0 radical (unpaired) electrons. The van der Waals surface area contributed by atoms with Crippen LogP contribution in [0.4, 0.5) is 5.13 Å². The molecular formula is C19H18ClN3O2S2. The number of benzene rings is 2. The van der Waals surface area contributed by atoms with Crippen molar-refractivity contribution in [3.63, 3.8) is 0 Å². The van der Waals surface area contributed by atoms with Crippen molar-refractivity contribution in [2.24, 2.45) is 0 Å². The highest BCUT2D eigenvalue weighted by molar-refractivity contribution is 8.01. The zero-order chi connectivity index (χ0) is 19.1. The fraction of sp³-hybridized carbons (Fsp3) is 0.211. The third kappa shape index (κ3) is 5.69. The van der Waals surface area contributed by atoms with E-state index in [2.05, 4.69) is 22.4 Å². The molecule has 0 aliphatic heterocycles. The van der Waals surface area contributed by atoms with Gasteiger partial charge in [-0.15, -0.1) is 10.2 Å². The van der Waals surface area contributed by atoms with Crippen LogP contribution < -0.4 is 10.1 Å². The summed E-state index contributed by atoms with van der Waals surface area (Å²) >= 11 is 9.05. The lowest BCUT2D eigenvalue weighted by Crippen LogP contribution is -2.13. The summed E-state index contributed by atoms with van der Waals surface area (Å²) in [6, 6.07) is 14.7. The van der Waals surface area contributed by atoms with Crippen LogP contribution in [0.3, 0.4) is 0 Å². The standard InChI is InChI=1S/C19H18ClN3O2S2/c1-2-10-26-19-23-22-18(27-19)21-17(24)15-11-14(20)8-9-16(15)25-12-13-6-4-3-5-7-13/h3-9,11H,2,10,12H2,1H3,(H,21,22,24). The van der Waals surface area contributed by atoms with Crippen molar-refractivity contribution < 1.29 is 9.53 Å². The molecule has 0 atom stereocenters. The average Bonchev–Trinajstić information content (AvgIpc) is 3.13. The Labute approximate surface area is 171 Å². The van der Waals surface area contributed by atoms with Gasteiger partial charge in [0, 0.05) is 10.8 Å². The number of hydrogen-bond acceptors (Lipinski definition) is 6.